The Morgan fingerprint density at radius 2 is 2.07 bits per heavy atom. The topological polar surface area (TPSA) is 46.5 Å². The maximum absolute atomic E-state index is 11.0. The average molecular weight is 202 g/mol. The third-order valence-electron chi connectivity index (χ3n) is 2.28. The number of carbonyl (C=O) groups is 1. The van der Waals surface area contributed by atoms with Crippen LogP contribution in [0.5, 0.6) is 0 Å². The zero-order valence-corrected chi connectivity index (χ0v) is 9.67. The molecule has 0 aromatic heterocycles. The second kappa shape index (κ2) is 6.02. The molecule has 0 aromatic rings. The highest BCUT2D eigenvalue weighted by Crippen LogP contribution is 2.21. The highest BCUT2D eigenvalue weighted by molar-refractivity contribution is 5.76. The van der Waals surface area contributed by atoms with E-state index in [2.05, 4.69) is 13.8 Å². The van der Waals surface area contributed by atoms with E-state index >= 15 is 0 Å². The summed E-state index contributed by atoms with van der Waals surface area (Å²) in [6.07, 6.45) is 2.32. The zero-order valence-electron chi connectivity index (χ0n) is 9.67. The van der Waals surface area contributed by atoms with Crippen LogP contribution in [0.2, 0.25) is 0 Å². The van der Waals surface area contributed by atoms with Gasteiger partial charge in [0.15, 0.2) is 5.60 Å². The first-order chi connectivity index (χ1) is 6.42. The lowest BCUT2D eigenvalue weighted by atomic mass is 9.95. The lowest BCUT2D eigenvalue weighted by Crippen LogP contribution is -2.38. The summed E-state index contributed by atoms with van der Waals surface area (Å²) in [4.78, 5) is 11.0. The largest absolute Gasteiger partial charge is 0.479 e. The first kappa shape index (κ1) is 13.4. The lowest BCUT2D eigenvalue weighted by molar-refractivity contribution is -0.165. The molecule has 14 heavy (non-hydrogen) atoms. The Labute approximate surface area is 86.5 Å². The van der Waals surface area contributed by atoms with Gasteiger partial charge >= 0.3 is 5.97 Å². The molecule has 0 radical (unpaired) electrons. The molecule has 3 heteroatoms. The third kappa shape index (κ3) is 4.61. The normalized spacial score (nSPS) is 15.5. The molecule has 0 saturated carbocycles. The van der Waals surface area contributed by atoms with Crippen LogP contribution in [0.3, 0.4) is 0 Å². The van der Waals surface area contributed by atoms with Crippen molar-refractivity contribution in [1.29, 1.82) is 0 Å². The summed E-state index contributed by atoms with van der Waals surface area (Å²) in [6, 6.07) is 0. The molecular weight excluding hydrogens is 180 g/mol. The Bertz CT molecular complexity index is 177. The van der Waals surface area contributed by atoms with Gasteiger partial charge in [0, 0.05) is 6.61 Å². The van der Waals surface area contributed by atoms with Crippen molar-refractivity contribution in [2.24, 2.45) is 5.92 Å². The van der Waals surface area contributed by atoms with Crippen LogP contribution >= 0.6 is 0 Å². The fraction of sp³-hybridized carbons (Fsp3) is 0.909. The Kier molecular flexibility index (Phi) is 5.77. The molecule has 3 nitrogen and oxygen atoms in total. The van der Waals surface area contributed by atoms with Crippen molar-refractivity contribution in [2.45, 2.75) is 52.6 Å². The van der Waals surface area contributed by atoms with Gasteiger partial charge in [0.1, 0.15) is 0 Å². The predicted molar refractivity (Wildman–Crippen MR) is 56.4 cm³/mol. The highest BCUT2D eigenvalue weighted by atomic mass is 16.5. The van der Waals surface area contributed by atoms with E-state index in [1.165, 1.54) is 0 Å². The van der Waals surface area contributed by atoms with E-state index in [9.17, 15) is 4.79 Å². The van der Waals surface area contributed by atoms with Crippen LogP contribution in [0.15, 0.2) is 0 Å². The number of carboxylic acids is 1. The van der Waals surface area contributed by atoms with Crippen molar-refractivity contribution >= 4 is 5.97 Å². The predicted octanol–water partition coefficient (Wildman–Crippen LogP) is 2.69. The Balaban J connectivity index is 4.17. The number of hydrogen-bond donors (Lipinski definition) is 1. The maximum atomic E-state index is 11.0. The Morgan fingerprint density at radius 1 is 1.50 bits per heavy atom. The molecule has 0 aliphatic heterocycles. The van der Waals surface area contributed by atoms with E-state index < -0.39 is 11.6 Å². The van der Waals surface area contributed by atoms with Gasteiger partial charge in [-0.15, -0.1) is 0 Å². The van der Waals surface area contributed by atoms with E-state index in [1.54, 1.807) is 6.92 Å². The van der Waals surface area contributed by atoms with Crippen molar-refractivity contribution in [1.82, 2.24) is 0 Å². The highest BCUT2D eigenvalue weighted by Gasteiger charge is 2.33. The Hall–Kier alpha value is -0.570. The van der Waals surface area contributed by atoms with Crippen LogP contribution in [0.1, 0.15) is 47.0 Å². The van der Waals surface area contributed by atoms with Crippen LogP contribution in [0.4, 0.5) is 0 Å². The van der Waals surface area contributed by atoms with Gasteiger partial charge in [-0.05, 0) is 32.1 Å². The molecule has 0 heterocycles. The number of aliphatic carboxylic acids is 1. The van der Waals surface area contributed by atoms with Gasteiger partial charge in [-0.3, -0.25) is 0 Å². The standard InChI is InChI=1S/C11H22O3/c1-5-8-14-11(4,10(12)13)7-6-9(2)3/h9H,5-8H2,1-4H3,(H,12,13). The molecule has 0 amide bonds. The molecule has 1 atom stereocenters. The fourth-order valence-corrected chi connectivity index (χ4v) is 1.13. The summed E-state index contributed by atoms with van der Waals surface area (Å²) in [6.45, 7) is 8.32. The molecule has 0 rings (SSSR count). The van der Waals surface area contributed by atoms with Crippen LogP contribution in [-0.4, -0.2) is 23.3 Å². The van der Waals surface area contributed by atoms with Crippen LogP contribution in [0, 0.1) is 5.92 Å². The van der Waals surface area contributed by atoms with E-state index in [4.69, 9.17) is 9.84 Å². The summed E-state index contributed by atoms with van der Waals surface area (Å²) in [5.74, 6) is -0.342. The van der Waals surface area contributed by atoms with E-state index in [-0.39, 0.29) is 0 Å². The second-order valence-electron chi connectivity index (χ2n) is 4.32. The molecule has 0 aliphatic rings. The van der Waals surface area contributed by atoms with E-state index in [1.807, 2.05) is 6.92 Å². The lowest BCUT2D eigenvalue weighted by Gasteiger charge is -2.25. The zero-order chi connectivity index (χ0) is 11.2. The molecule has 0 saturated heterocycles. The molecule has 0 aromatic carbocycles. The minimum Gasteiger partial charge on any atom is -0.479 e. The number of ether oxygens (including phenoxy) is 1. The smallest absolute Gasteiger partial charge is 0.335 e. The molecule has 0 spiro atoms. The molecular formula is C11H22O3. The quantitative estimate of drug-likeness (QED) is 0.690. The van der Waals surface area contributed by atoms with Gasteiger partial charge < -0.3 is 9.84 Å². The van der Waals surface area contributed by atoms with Crippen molar-refractivity contribution in [3.63, 3.8) is 0 Å². The van der Waals surface area contributed by atoms with Crippen LogP contribution < -0.4 is 0 Å². The van der Waals surface area contributed by atoms with E-state index in [0.717, 1.165) is 12.8 Å². The third-order valence-corrected chi connectivity index (χ3v) is 2.28. The minimum absolute atomic E-state index is 0.513. The summed E-state index contributed by atoms with van der Waals surface area (Å²) in [7, 11) is 0. The van der Waals surface area contributed by atoms with Gasteiger partial charge in [-0.2, -0.15) is 0 Å². The molecule has 1 unspecified atom stereocenters. The van der Waals surface area contributed by atoms with Crippen molar-refractivity contribution in [3.05, 3.63) is 0 Å². The summed E-state index contributed by atoms with van der Waals surface area (Å²) in [5.41, 5.74) is -1.000. The van der Waals surface area contributed by atoms with Gasteiger partial charge in [0.05, 0.1) is 0 Å². The summed E-state index contributed by atoms with van der Waals surface area (Å²) in [5, 5.41) is 9.05. The van der Waals surface area contributed by atoms with Gasteiger partial charge in [0.25, 0.3) is 0 Å². The summed E-state index contributed by atoms with van der Waals surface area (Å²) < 4.78 is 5.39. The van der Waals surface area contributed by atoms with E-state index in [0.29, 0.717) is 18.9 Å². The number of rotatable bonds is 7. The minimum atomic E-state index is -1.000. The first-order valence-corrected chi connectivity index (χ1v) is 5.29. The fourth-order valence-electron chi connectivity index (χ4n) is 1.13. The average Bonchev–Trinajstić information content (AvgIpc) is 2.11. The van der Waals surface area contributed by atoms with Crippen LogP contribution in [-0.2, 0) is 9.53 Å². The first-order valence-electron chi connectivity index (χ1n) is 5.29. The number of hydrogen-bond acceptors (Lipinski definition) is 2. The molecule has 1 N–H and O–H groups in total. The monoisotopic (exact) mass is 202 g/mol. The SMILES string of the molecule is CCCOC(C)(CCC(C)C)C(=O)O. The second-order valence-corrected chi connectivity index (χ2v) is 4.32. The molecule has 0 bridgehead atoms. The van der Waals surface area contributed by atoms with Crippen molar-refractivity contribution < 1.29 is 14.6 Å². The molecule has 0 aliphatic carbocycles. The molecule has 84 valence electrons. The molecule has 0 fully saturated rings. The van der Waals surface area contributed by atoms with Gasteiger partial charge in [-0.1, -0.05) is 20.8 Å². The summed E-state index contributed by atoms with van der Waals surface area (Å²) >= 11 is 0. The maximum Gasteiger partial charge on any atom is 0.335 e. The van der Waals surface area contributed by atoms with Crippen molar-refractivity contribution in [3.8, 4) is 0 Å². The number of carboxylic acid groups (broad SMARTS) is 1. The van der Waals surface area contributed by atoms with Gasteiger partial charge in [-0.25, -0.2) is 4.79 Å². The van der Waals surface area contributed by atoms with Gasteiger partial charge in [0.2, 0.25) is 0 Å². The Morgan fingerprint density at radius 3 is 2.43 bits per heavy atom. The van der Waals surface area contributed by atoms with Crippen LogP contribution in [0.25, 0.3) is 0 Å². The van der Waals surface area contributed by atoms with Crippen molar-refractivity contribution in [2.75, 3.05) is 6.61 Å².